The minimum absolute atomic E-state index is 0.00580. The van der Waals surface area contributed by atoms with E-state index < -0.39 is 90.0 Å². The first kappa shape index (κ1) is 59.3. The summed E-state index contributed by atoms with van der Waals surface area (Å²) in [4.78, 5) is 78.0. The van der Waals surface area contributed by atoms with Crippen LogP contribution >= 0.6 is 0 Å². The predicted octanol–water partition coefficient (Wildman–Crippen LogP) is 8.80. The molecule has 0 radical (unpaired) electrons. The van der Waals surface area contributed by atoms with E-state index in [-0.39, 0.29) is 73.4 Å². The minimum Gasteiger partial charge on any atom is -0.469 e. The molecule has 13 atom stereocenters. The van der Waals surface area contributed by atoms with Crippen LogP contribution in [0.1, 0.15) is 161 Å². The van der Waals surface area contributed by atoms with E-state index in [1.165, 1.54) is 21.1 Å². The molecule has 2 aliphatic heterocycles. The summed E-state index contributed by atoms with van der Waals surface area (Å²) in [6, 6.07) is 0. The molecule has 0 aromatic rings. The van der Waals surface area contributed by atoms with Gasteiger partial charge < -0.3 is 43.0 Å². The maximum absolute atomic E-state index is 13.7. The number of carbonyl (C=O) groups is 6. The number of aliphatic hydroxyl groups excluding tert-OH is 1. The third-order valence-corrected chi connectivity index (χ3v) is 12.8. The van der Waals surface area contributed by atoms with E-state index >= 15 is 0 Å². The van der Waals surface area contributed by atoms with E-state index in [0.717, 1.165) is 12.0 Å². The molecule has 1 N–H and O–H groups in total. The summed E-state index contributed by atoms with van der Waals surface area (Å²) in [5.74, 6) is -6.23. The van der Waals surface area contributed by atoms with E-state index in [9.17, 15) is 33.9 Å². The molecule has 15 nitrogen and oxygen atoms in total. The van der Waals surface area contributed by atoms with Gasteiger partial charge in [0.2, 0.25) is 0 Å². The molecule has 0 saturated carbocycles. The summed E-state index contributed by atoms with van der Waals surface area (Å²) in [7, 11) is 2.64. The van der Waals surface area contributed by atoms with Gasteiger partial charge in [-0.3, -0.25) is 24.0 Å². The maximum Gasteiger partial charge on any atom is 0.333 e. The van der Waals surface area contributed by atoms with Gasteiger partial charge in [-0.1, -0.05) is 74.5 Å². The van der Waals surface area contributed by atoms with Crippen LogP contribution in [0.15, 0.2) is 23.3 Å². The second-order valence-corrected chi connectivity index (χ2v) is 20.5. The largest absolute Gasteiger partial charge is 0.469 e. The van der Waals surface area contributed by atoms with Crippen molar-refractivity contribution in [3.8, 4) is 0 Å². The molecule has 2 saturated heterocycles. The average molecular weight is 951 g/mol. The van der Waals surface area contributed by atoms with Crippen molar-refractivity contribution in [2.24, 2.45) is 47.3 Å². The number of esters is 6. The summed E-state index contributed by atoms with van der Waals surface area (Å²) in [5, 5.41) is 11.7. The molecule has 2 rings (SSSR count). The highest BCUT2D eigenvalue weighted by molar-refractivity contribution is 5.87. The first-order valence-electron chi connectivity index (χ1n) is 24.6. The molecule has 2 heterocycles. The number of hydrogen-bond donors (Lipinski definition) is 1. The number of allylic oxidation sites excluding steroid dienone is 2. The highest BCUT2D eigenvalue weighted by Gasteiger charge is 2.52. The number of aliphatic hydroxyl groups is 1. The van der Waals surface area contributed by atoms with Crippen molar-refractivity contribution in [2.75, 3.05) is 20.8 Å². The standard InChI is InChI=1S/C52H86O15/c1-16-62-51(59)40(21-20-36(10)50(58)61-15)38(12)49(63-39(13)53)42(64-45(55)22-30(2)3)27-37(11)48(65-46(56)23-31(4)5)43-25-34(8)29-52(67-43)28-33(7)24-41(66-52)47(57)35(9)19-17-18-32(6)26-44(54)60-14/h19-20,30-34,37-38,40-43,47-49,57H,16-18,21-29H2,1-15H3/b35-19+,36-20+/t32-,33-,34+,37+,38-,40-,41+,42+,43+,47-,48+,49+,52+/m0/s1. The topological polar surface area (TPSA) is 196 Å². The van der Waals surface area contributed by atoms with Crippen molar-refractivity contribution >= 4 is 35.8 Å². The van der Waals surface area contributed by atoms with Crippen molar-refractivity contribution in [2.45, 2.75) is 203 Å². The Hall–Kier alpha value is -3.82. The Morgan fingerprint density at radius 2 is 1.31 bits per heavy atom. The first-order chi connectivity index (χ1) is 31.3. The van der Waals surface area contributed by atoms with Gasteiger partial charge in [-0.2, -0.15) is 0 Å². The third-order valence-electron chi connectivity index (χ3n) is 12.8. The fraction of sp³-hybridized carbons (Fsp3) is 0.808. The van der Waals surface area contributed by atoms with Crippen LogP contribution in [0, 0.1) is 47.3 Å². The van der Waals surface area contributed by atoms with Crippen LogP contribution in [0.3, 0.4) is 0 Å². The summed E-state index contributed by atoms with van der Waals surface area (Å²) < 4.78 is 47.7. The fourth-order valence-electron chi connectivity index (χ4n) is 9.50. The van der Waals surface area contributed by atoms with Gasteiger partial charge >= 0.3 is 35.8 Å². The van der Waals surface area contributed by atoms with Gasteiger partial charge in [-0.25, -0.2) is 4.79 Å². The van der Waals surface area contributed by atoms with Crippen molar-refractivity contribution in [1.29, 1.82) is 0 Å². The van der Waals surface area contributed by atoms with Gasteiger partial charge in [0.1, 0.15) is 24.4 Å². The SMILES string of the molecule is CCOC(=O)[C@@H](C/C=C(\C)C(=O)OC)[C@H](C)[C@@H](OC(C)=O)[C@@H](C[C@@H](C)[C@@H](OC(=O)CC(C)C)[C@H]1C[C@@H](C)C[C@@]2(C[C@@H](C)C[C@H]([C@@H](O)/C(C)=C/CC[C@H](C)CC(=O)OC)O2)O1)OC(=O)CC(C)C. The minimum atomic E-state index is -1.17. The van der Waals surface area contributed by atoms with E-state index in [0.29, 0.717) is 38.5 Å². The van der Waals surface area contributed by atoms with Crippen LogP contribution < -0.4 is 0 Å². The third kappa shape index (κ3) is 20.0. The zero-order chi connectivity index (χ0) is 50.8. The Morgan fingerprint density at radius 3 is 1.85 bits per heavy atom. The summed E-state index contributed by atoms with van der Waals surface area (Å²) in [6.07, 6.45) is 2.48. The first-order valence-corrected chi connectivity index (χ1v) is 24.6. The highest BCUT2D eigenvalue weighted by atomic mass is 16.7. The Bertz CT molecular complexity index is 1670. The van der Waals surface area contributed by atoms with Crippen LogP contribution in [0.5, 0.6) is 0 Å². The Labute approximate surface area is 401 Å². The molecular formula is C52H86O15. The lowest BCUT2D eigenvalue weighted by Gasteiger charge is -2.52. The lowest BCUT2D eigenvalue weighted by molar-refractivity contribution is -0.347. The van der Waals surface area contributed by atoms with E-state index in [2.05, 4.69) is 13.8 Å². The molecule has 1 spiro atoms. The van der Waals surface area contributed by atoms with Crippen molar-refractivity contribution in [3.63, 3.8) is 0 Å². The van der Waals surface area contributed by atoms with Gasteiger partial charge in [-0.15, -0.1) is 0 Å². The smallest absolute Gasteiger partial charge is 0.333 e. The highest BCUT2D eigenvalue weighted by Crippen LogP contribution is 2.46. The maximum atomic E-state index is 13.7. The molecule has 0 unspecified atom stereocenters. The van der Waals surface area contributed by atoms with Crippen molar-refractivity contribution < 1.29 is 71.8 Å². The van der Waals surface area contributed by atoms with Crippen LogP contribution in [-0.4, -0.2) is 104 Å². The van der Waals surface area contributed by atoms with Crippen LogP contribution in [0.25, 0.3) is 0 Å². The van der Waals surface area contributed by atoms with Gasteiger partial charge in [0.05, 0.1) is 39.0 Å². The van der Waals surface area contributed by atoms with E-state index in [1.54, 1.807) is 26.8 Å². The Balaban J connectivity index is 2.63. The zero-order valence-electron chi connectivity index (χ0n) is 43.4. The molecule has 384 valence electrons. The Kier molecular flexibility index (Phi) is 25.3. The molecule has 0 aromatic heterocycles. The van der Waals surface area contributed by atoms with Gasteiger partial charge in [0.25, 0.3) is 0 Å². The lowest BCUT2D eigenvalue weighted by atomic mass is 9.78. The molecule has 15 heteroatoms. The second-order valence-electron chi connectivity index (χ2n) is 20.5. The number of rotatable bonds is 26. The molecule has 0 bridgehead atoms. The van der Waals surface area contributed by atoms with Crippen LogP contribution in [-0.2, 0) is 66.7 Å². The fourth-order valence-corrected chi connectivity index (χ4v) is 9.50. The lowest BCUT2D eigenvalue weighted by Crippen LogP contribution is -2.57. The normalized spacial score (nSPS) is 24.9. The number of hydrogen-bond acceptors (Lipinski definition) is 15. The van der Waals surface area contributed by atoms with Crippen molar-refractivity contribution in [3.05, 3.63) is 23.3 Å². The van der Waals surface area contributed by atoms with Crippen LogP contribution in [0.4, 0.5) is 0 Å². The summed E-state index contributed by atoms with van der Waals surface area (Å²) >= 11 is 0. The van der Waals surface area contributed by atoms with Gasteiger partial charge in [-0.05, 0) is 100 Å². The molecule has 2 fully saturated rings. The summed E-state index contributed by atoms with van der Waals surface area (Å²) in [6.45, 7) is 23.9. The summed E-state index contributed by atoms with van der Waals surface area (Å²) in [5.41, 5.74) is 1.04. The van der Waals surface area contributed by atoms with Crippen LogP contribution in [0.2, 0.25) is 0 Å². The predicted molar refractivity (Wildman–Crippen MR) is 252 cm³/mol. The molecular weight excluding hydrogens is 865 g/mol. The van der Waals surface area contributed by atoms with Crippen molar-refractivity contribution in [1.82, 2.24) is 0 Å². The molecule has 67 heavy (non-hydrogen) atoms. The number of carbonyl (C=O) groups excluding carboxylic acids is 6. The molecule has 0 aliphatic carbocycles. The second kappa shape index (κ2) is 28.6. The Morgan fingerprint density at radius 1 is 0.746 bits per heavy atom. The molecule has 0 aromatic carbocycles. The average Bonchev–Trinajstić information content (AvgIpc) is 3.22. The zero-order valence-corrected chi connectivity index (χ0v) is 43.4. The van der Waals surface area contributed by atoms with E-state index in [4.69, 9.17) is 37.9 Å². The molecule has 2 aliphatic rings. The van der Waals surface area contributed by atoms with Gasteiger partial charge in [0, 0.05) is 50.5 Å². The monoisotopic (exact) mass is 951 g/mol. The number of methoxy groups -OCH3 is 2. The van der Waals surface area contributed by atoms with E-state index in [1.807, 2.05) is 54.5 Å². The quantitative estimate of drug-likeness (QED) is 0.0373. The number of ether oxygens (including phenoxy) is 8. The molecule has 0 amide bonds. The van der Waals surface area contributed by atoms with Gasteiger partial charge in [0.15, 0.2) is 5.79 Å².